The van der Waals surface area contributed by atoms with Crippen molar-refractivity contribution in [3.63, 3.8) is 0 Å². The lowest BCUT2D eigenvalue weighted by atomic mass is 10.2. The molecule has 0 bridgehead atoms. The zero-order valence-corrected chi connectivity index (χ0v) is 14.7. The quantitative estimate of drug-likeness (QED) is 0.681. The van der Waals surface area contributed by atoms with Crippen molar-refractivity contribution < 1.29 is 13.9 Å². The van der Waals surface area contributed by atoms with E-state index in [9.17, 15) is 0 Å². The molecule has 0 saturated heterocycles. The molecule has 0 aromatic heterocycles. The van der Waals surface area contributed by atoms with Gasteiger partial charge < -0.3 is 19.6 Å². The second kappa shape index (κ2) is 5.89. The summed E-state index contributed by atoms with van der Waals surface area (Å²) in [6.07, 6.45) is 0.854. The molecular weight excluding hydrogens is 282 g/mol. The van der Waals surface area contributed by atoms with Crippen molar-refractivity contribution >= 4 is 14.0 Å². The van der Waals surface area contributed by atoms with Gasteiger partial charge in [-0.2, -0.15) is 0 Å². The molecule has 4 nitrogen and oxygen atoms in total. The van der Waals surface area contributed by atoms with Gasteiger partial charge in [-0.1, -0.05) is 20.8 Å². The highest BCUT2D eigenvalue weighted by Crippen LogP contribution is 2.37. The monoisotopic (exact) mass is 309 g/mol. The van der Waals surface area contributed by atoms with Crippen LogP contribution < -0.4 is 15.2 Å². The molecule has 0 fully saturated rings. The topological polar surface area (TPSA) is 53.7 Å². The van der Waals surface area contributed by atoms with Crippen LogP contribution in [0.5, 0.6) is 11.5 Å². The number of rotatable bonds is 3. The Hall–Kier alpha value is -1.20. The summed E-state index contributed by atoms with van der Waals surface area (Å²) in [4.78, 5) is 0. The Bertz CT molecular complexity index is 497. The molecular formula is C16H27NO3Si. The third-order valence-corrected chi connectivity index (χ3v) is 8.90. The molecule has 0 radical (unpaired) electrons. The first-order chi connectivity index (χ1) is 9.69. The molecule has 1 aromatic carbocycles. The van der Waals surface area contributed by atoms with Gasteiger partial charge in [0.2, 0.25) is 0 Å². The molecule has 118 valence electrons. The van der Waals surface area contributed by atoms with E-state index in [0.29, 0.717) is 18.9 Å². The predicted molar refractivity (Wildman–Crippen MR) is 88.5 cm³/mol. The summed E-state index contributed by atoms with van der Waals surface area (Å²) >= 11 is 0. The van der Waals surface area contributed by atoms with E-state index in [0.717, 1.165) is 17.9 Å². The predicted octanol–water partition coefficient (Wildman–Crippen LogP) is 3.82. The van der Waals surface area contributed by atoms with Crippen molar-refractivity contribution in [1.29, 1.82) is 0 Å². The number of nitrogens with two attached hydrogens (primary N) is 1. The first-order valence-corrected chi connectivity index (χ1v) is 10.4. The Labute approximate surface area is 128 Å². The Morgan fingerprint density at radius 3 is 2.67 bits per heavy atom. The summed E-state index contributed by atoms with van der Waals surface area (Å²) in [6.45, 7) is 12.5. The van der Waals surface area contributed by atoms with Crippen LogP contribution in [0.1, 0.15) is 27.2 Å². The van der Waals surface area contributed by atoms with Crippen LogP contribution in [-0.2, 0) is 4.43 Å². The molecule has 1 atom stereocenters. The molecule has 5 heteroatoms. The van der Waals surface area contributed by atoms with Crippen LogP contribution >= 0.6 is 0 Å². The van der Waals surface area contributed by atoms with E-state index < -0.39 is 8.32 Å². The van der Waals surface area contributed by atoms with Crippen molar-refractivity contribution in [2.24, 2.45) is 0 Å². The minimum Gasteiger partial charge on any atom is -0.489 e. The van der Waals surface area contributed by atoms with E-state index in [1.54, 1.807) is 0 Å². The standard InChI is InChI=1S/C16H27NO3Si/c1-16(2,3)21(4,5)19-11-13-8-9-18-15-10-12(17)6-7-14(15)20-13/h6-7,10,13H,8-9,11,17H2,1-5H3. The maximum atomic E-state index is 6.26. The van der Waals surface area contributed by atoms with Crippen molar-refractivity contribution in [1.82, 2.24) is 0 Å². The fourth-order valence-corrected chi connectivity index (χ4v) is 2.94. The van der Waals surface area contributed by atoms with Gasteiger partial charge in [-0.05, 0) is 30.3 Å². The van der Waals surface area contributed by atoms with Gasteiger partial charge in [0, 0.05) is 18.2 Å². The minimum absolute atomic E-state index is 0.0315. The largest absolute Gasteiger partial charge is 0.489 e. The van der Waals surface area contributed by atoms with Crippen molar-refractivity contribution in [2.75, 3.05) is 18.9 Å². The molecule has 1 unspecified atom stereocenters. The lowest BCUT2D eigenvalue weighted by Crippen LogP contribution is -2.43. The van der Waals surface area contributed by atoms with E-state index in [2.05, 4.69) is 33.9 Å². The van der Waals surface area contributed by atoms with Gasteiger partial charge in [-0.15, -0.1) is 0 Å². The van der Waals surface area contributed by atoms with Crippen molar-refractivity contribution in [3.05, 3.63) is 18.2 Å². The van der Waals surface area contributed by atoms with Crippen LogP contribution in [0.25, 0.3) is 0 Å². The number of anilines is 1. The molecule has 1 aromatic rings. The summed E-state index contributed by atoms with van der Waals surface area (Å²) in [7, 11) is -1.75. The second-order valence-corrected chi connectivity index (χ2v) is 12.0. The fraction of sp³-hybridized carbons (Fsp3) is 0.625. The molecule has 0 saturated carbocycles. The Morgan fingerprint density at radius 1 is 1.29 bits per heavy atom. The van der Waals surface area contributed by atoms with Crippen LogP contribution in [-0.4, -0.2) is 27.6 Å². The number of hydrogen-bond acceptors (Lipinski definition) is 4. The third kappa shape index (κ3) is 3.92. The second-order valence-electron chi connectivity index (χ2n) is 7.15. The first-order valence-electron chi connectivity index (χ1n) is 7.52. The van der Waals surface area contributed by atoms with Crippen LogP contribution in [0.15, 0.2) is 18.2 Å². The highest BCUT2D eigenvalue weighted by atomic mass is 28.4. The maximum Gasteiger partial charge on any atom is 0.192 e. The molecule has 21 heavy (non-hydrogen) atoms. The van der Waals surface area contributed by atoms with Crippen LogP contribution in [0.4, 0.5) is 5.69 Å². The fourth-order valence-electron chi connectivity index (χ4n) is 1.91. The lowest BCUT2D eigenvalue weighted by molar-refractivity contribution is 0.114. The number of benzene rings is 1. The Balaban J connectivity index is 2.01. The average molecular weight is 309 g/mol. The SMILES string of the molecule is CC(C)(C)[Si](C)(C)OCC1CCOc2cc(N)ccc2O1. The van der Waals surface area contributed by atoms with Gasteiger partial charge >= 0.3 is 0 Å². The normalized spacial score (nSPS) is 19.2. The van der Waals surface area contributed by atoms with Gasteiger partial charge in [0.25, 0.3) is 0 Å². The van der Waals surface area contributed by atoms with Gasteiger partial charge in [-0.3, -0.25) is 0 Å². The highest BCUT2D eigenvalue weighted by molar-refractivity contribution is 6.74. The third-order valence-electron chi connectivity index (χ3n) is 4.40. The number of nitrogen functional groups attached to an aromatic ring is 1. The van der Waals surface area contributed by atoms with Crippen molar-refractivity contribution in [3.8, 4) is 11.5 Å². The Morgan fingerprint density at radius 2 is 2.00 bits per heavy atom. The smallest absolute Gasteiger partial charge is 0.192 e. The molecule has 2 N–H and O–H groups in total. The zero-order chi connectivity index (χ0) is 15.7. The van der Waals surface area contributed by atoms with Crippen molar-refractivity contribution in [2.45, 2.75) is 51.4 Å². The van der Waals surface area contributed by atoms with Gasteiger partial charge in [0.15, 0.2) is 19.8 Å². The summed E-state index contributed by atoms with van der Waals surface area (Å²) < 4.78 is 18.0. The lowest BCUT2D eigenvalue weighted by Gasteiger charge is -2.37. The summed E-state index contributed by atoms with van der Waals surface area (Å²) in [5.41, 5.74) is 6.46. The van der Waals surface area contributed by atoms with E-state index in [-0.39, 0.29) is 11.1 Å². The Kier molecular flexibility index (Phi) is 4.53. The molecule has 0 spiro atoms. The summed E-state index contributed by atoms with van der Waals surface area (Å²) in [5, 5.41) is 0.209. The summed E-state index contributed by atoms with van der Waals surface area (Å²) in [5.74, 6) is 1.48. The van der Waals surface area contributed by atoms with Gasteiger partial charge in [0.05, 0.1) is 13.2 Å². The average Bonchev–Trinajstić information content (AvgIpc) is 2.56. The molecule has 1 heterocycles. The van der Waals surface area contributed by atoms with E-state index >= 15 is 0 Å². The number of ether oxygens (including phenoxy) is 2. The minimum atomic E-state index is -1.75. The van der Waals surface area contributed by atoms with Gasteiger partial charge in [0.1, 0.15) is 6.10 Å². The molecule has 1 aliphatic heterocycles. The molecule has 1 aliphatic rings. The molecule has 0 aliphatic carbocycles. The van der Waals surface area contributed by atoms with E-state index in [1.807, 2.05) is 18.2 Å². The first kappa shape index (κ1) is 16.2. The van der Waals surface area contributed by atoms with Gasteiger partial charge in [-0.25, -0.2) is 0 Å². The molecule has 2 rings (SSSR count). The molecule has 0 amide bonds. The zero-order valence-electron chi connectivity index (χ0n) is 13.7. The number of fused-ring (bicyclic) bond motifs is 1. The van der Waals surface area contributed by atoms with Crippen LogP contribution in [0.3, 0.4) is 0 Å². The van der Waals surface area contributed by atoms with E-state index in [1.165, 1.54) is 0 Å². The van der Waals surface area contributed by atoms with Crippen LogP contribution in [0, 0.1) is 0 Å². The summed E-state index contributed by atoms with van der Waals surface area (Å²) in [6, 6.07) is 5.51. The maximum absolute atomic E-state index is 6.26. The number of hydrogen-bond donors (Lipinski definition) is 1. The highest BCUT2D eigenvalue weighted by Gasteiger charge is 2.38. The van der Waals surface area contributed by atoms with E-state index in [4.69, 9.17) is 19.6 Å². The van der Waals surface area contributed by atoms with Crippen LogP contribution in [0.2, 0.25) is 18.1 Å².